The fourth-order valence-corrected chi connectivity index (χ4v) is 1.74. The van der Waals surface area contributed by atoms with E-state index in [9.17, 15) is 0 Å². The van der Waals surface area contributed by atoms with Crippen LogP contribution < -0.4 is 10.1 Å². The third kappa shape index (κ3) is 3.76. The second-order valence-electron chi connectivity index (χ2n) is 4.70. The smallest absolute Gasteiger partial charge is 0.238 e. The highest BCUT2D eigenvalue weighted by Crippen LogP contribution is 2.22. The zero-order valence-electron chi connectivity index (χ0n) is 11.6. The summed E-state index contributed by atoms with van der Waals surface area (Å²) in [4.78, 5) is 8.49. The number of hydrogen-bond donors (Lipinski definition) is 1. The van der Waals surface area contributed by atoms with Crippen LogP contribution in [0.3, 0.4) is 0 Å². The van der Waals surface area contributed by atoms with Crippen LogP contribution in [0.4, 0.5) is 0 Å². The van der Waals surface area contributed by atoms with Gasteiger partial charge in [0.25, 0.3) is 0 Å². The molecule has 0 amide bonds. The molecule has 1 aromatic heterocycles. The minimum atomic E-state index is 0.519. The van der Waals surface area contributed by atoms with E-state index in [0.717, 1.165) is 11.4 Å². The van der Waals surface area contributed by atoms with Crippen molar-refractivity contribution in [1.29, 1.82) is 0 Å². The van der Waals surface area contributed by atoms with Gasteiger partial charge in [0, 0.05) is 12.7 Å². The maximum atomic E-state index is 5.70. The number of nitrogens with zero attached hydrogens (tertiary/aromatic N) is 2. The highest BCUT2D eigenvalue weighted by molar-refractivity contribution is 5.31. The van der Waals surface area contributed by atoms with Crippen LogP contribution in [0.5, 0.6) is 11.6 Å². The van der Waals surface area contributed by atoms with Crippen molar-refractivity contribution in [2.75, 3.05) is 7.05 Å². The van der Waals surface area contributed by atoms with Crippen LogP contribution in [-0.4, -0.2) is 17.0 Å². The molecule has 4 nitrogen and oxygen atoms in total. The molecule has 0 bridgehead atoms. The van der Waals surface area contributed by atoms with E-state index in [2.05, 4.69) is 41.3 Å². The van der Waals surface area contributed by atoms with Crippen LogP contribution in [0.15, 0.2) is 36.7 Å². The normalized spacial score (nSPS) is 10.7. The Kier molecular flexibility index (Phi) is 4.47. The van der Waals surface area contributed by atoms with E-state index in [0.29, 0.717) is 18.3 Å². The van der Waals surface area contributed by atoms with Crippen molar-refractivity contribution in [3.63, 3.8) is 0 Å². The highest BCUT2D eigenvalue weighted by atomic mass is 16.5. The lowest BCUT2D eigenvalue weighted by Gasteiger charge is -2.08. The molecule has 2 aromatic rings. The molecule has 1 aromatic carbocycles. The molecule has 2 rings (SSSR count). The summed E-state index contributed by atoms with van der Waals surface area (Å²) in [5.74, 6) is 1.82. The summed E-state index contributed by atoms with van der Waals surface area (Å²) in [7, 11) is 1.87. The quantitative estimate of drug-likeness (QED) is 0.894. The maximum absolute atomic E-state index is 5.70. The van der Waals surface area contributed by atoms with Gasteiger partial charge in [-0.2, -0.15) is 0 Å². The Balaban J connectivity index is 2.10. The lowest BCUT2D eigenvalue weighted by Crippen LogP contribution is -2.07. The first-order valence-corrected chi connectivity index (χ1v) is 6.42. The van der Waals surface area contributed by atoms with Gasteiger partial charge in [-0.15, -0.1) is 0 Å². The molecule has 0 saturated heterocycles. The van der Waals surface area contributed by atoms with Gasteiger partial charge in [-0.25, -0.2) is 4.98 Å². The Morgan fingerprint density at radius 2 is 1.89 bits per heavy atom. The monoisotopic (exact) mass is 257 g/mol. The zero-order chi connectivity index (χ0) is 13.7. The van der Waals surface area contributed by atoms with Crippen LogP contribution in [-0.2, 0) is 6.54 Å². The van der Waals surface area contributed by atoms with Crippen LogP contribution in [0, 0.1) is 0 Å². The molecular weight excluding hydrogens is 238 g/mol. The number of benzene rings is 1. The first kappa shape index (κ1) is 13.5. The van der Waals surface area contributed by atoms with Crippen LogP contribution in [0.2, 0.25) is 0 Å². The Bertz CT molecular complexity index is 523. The topological polar surface area (TPSA) is 47.0 Å². The fraction of sp³-hybridized carbons (Fsp3) is 0.333. The molecule has 0 spiro atoms. The lowest BCUT2D eigenvalue weighted by atomic mass is 10.0. The summed E-state index contributed by atoms with van der Waals surface area (Å²) in [6.07, 6.45) is 3.35. The van der Waals surface area contributed by atoms with Crippen molar-refractivity contribution in [2.24, 2.45) is 0 Å². The van der Waals surface area contributed by atoms with Gasteiger partial charge in [-0.05, 0) is 30.7 Å². The predicted octanol–water partition coefficient (Wildman–Crippen LogP) is 3.11. The average Bonchev–Trinajstić information content (AvgIpc) is 2.40. The second kappa shape index (κ2) is 6.29. The molecule has 1 heterocycles. The van der Waals surface area contributed by atoms with Gasteiger partial charge in [0.2, 0.25) is 5.88 Å². The largest absolute Gasteiger partial charge is 0.437 e. The Morgan fingerprint density at radius 3 is 2.53 bits per heavy atom. The molecule has 0 radical (unpaired) electrons. The summed E-state index contributed by atoms with van der Waals surface area (Å²) < 4.78 is 5.70. The van der Waals surface area contributed by atoms with E-state index >= 15 is 0 Å². The van der Waals surface area contributed by atoms with Gasteiger partial charge < -0.3 is 10.1 Å². The predicted molar refractivity (Wildman–Crippen MR) is 75.4 cm³/mol. The summed E-state index contributed by atoms with van der Waals surface area (Å²) in [5, 5.41) is 3.04. The van der Waals surface area contributed by atoms with Crippen molar-refractivity contribution in [3.8, 4) is 11.6 Å². The van der Waals surface area contributed by atoms with Crippen LogP contribution in [0.25, 0.3) is 0 Å². The molecular formula is C15H19N3O. The third-order valence-corrected chi connectivity index (χ3v) is 2.79. The molecule has 4 heteroatoms. The molecule has 0 aliphatic heterocycles. The van der Waals surface area contributed by atoms with Crippen molar-refractivity contribution >= 4 is 0 Å². The first-order valence-electron chi connectivity index (χ1n) is 6.42. The molecule has 0 saturated carbocycles. The number of aromatic nitrogens is 2. The van der Waals surface area contributed by atoms with Crippen molar-refractivity contribution in [3.05, 3.63) is 47.9 Å². The Hall–Kier alpha value is -1.94. The van der Waals surface area contributed by atoms with Gasteiger partial charge in [0.05, 0.1) is 11.9 Å². The van der Waals surface area contributed by atoms with Gasteiger partial charge in [-0.1, -0.05) is 26.0 Å². The maximum Gasteiger partial charge on any atom is 0.238 e. The standard InChI is InChI=1S/C15H19N3O/c1-11(2)12-4-6-14(7-5-12)19-15-10-17-9-13(18-15)8-16-3/h4-7,9-11,16H,8H2,1-3H3. The van der Waals surface area contributed by atoms with E-state index < -0.39 is 0 Å². The van der Waals surface area contributed by atoms with E-state index in [1.807, 2.05) is 19.2 Å². The van der Waals surface area contributed by atoms with E-state index in [-0.39, 0.29) is 0 Å². The molecule has 1 N–H and O–H groups in total. The average molecular weight is 257 g/mol. The van der Waals surface area contributed by atoms with Crippen LogP contribution in [0.1, 0.15) is 31.0 Å². The van der Waals surface area contributed by atoms with E-state index in [1.165, 1.54) is 5.56 Å². The van der Waals surface area contributed by atoms with E-state index in [1.54, 1.807) is 12.4 Å². The molecule has 0 aliphatic carbocycles. The molecule has 19 heavy (non-hydrogen) atoms. The van der Waals surface area contributed by atoms with Gasteiger partial charge in [0.1, 0.15) is 5.75 Å². The second-order valence-corrected chi connectivity index (χ2v) is 4.70. The van der Waals surface area contributed by atoms with E-state index in [4.69, 9.17) is 4.74 Å². The first-order chi connectivity index (χ1) is 9.19. The Labute approximate surface area is 113 Å². The van der Waals surface area contributed by atoms with Crippen molar-refractivity contribution in [1.82, 2.24) is 15.3 Å². The molecule has 0 fully saturated rings. The molecule has 0 unspecified atom stereocenters. The zero-order valence-corrected chi connectivity index (χ0v) is 11.6. The van der Waals surface area contributed by atoms with Gasteiger partial charge in [0.15, 0.2) is 0 Å². The van der Waals surface area contributed by atoms with Crippen molar-refractivity contribution < 1.29 is 4.74 Å². The summed E-state index contributed by atoms with van der Waals surface area (Å²) in [6.45, 7) is 5.02. The molecule has 0 aliphatic rings. The van der Waals surface area contributed by atoms with Crippen molar-refractivity contribution in [2.45, 2.75) is 26.3 Å². The number of nitrogens with one attached hydrogen (secondary N) is 1. The fourth-order valence-electron chi connectivity index (χ4n) is 1.74. The third-order valence-electron chi connectivity index (χ3n) is 2.79. The van der Waals surface area contributed by atoms with Gasteiger partial charge in [-0.3, -0.25) is 4.98 Å². The number of hydrogen-bond acceptors (Lipinski definition) is 4. The summed E-state index contributed by atoms with van der Waals surface area (Å²) >= 11 is 0. The number of rotatable bonds is 5. The highest BCUT2D eigenvalue weighted by Gasteiger charge is 2.03. The minimum absolute atomic E-state index is 0.519. The minimum Gasteiger partial charge on any atom is -0.437 e. The van der Waals surface area contributed by atoms with Crippen LogP contribution >= 0.6 is 0 Å². The Morgan fingerprint density at radius 1 is 1.16 bits per heavy atom. The summed E-state index contributed by atoms with van der Waals surface area (Å²) in [6, 6.07) is 8.07. The SMILES string of the molecule is CNCc1cncc(Oc2ccc(C(C)C)cc2)n1. The lowest BCUT2D eigenvalue weighted by molar-refractivity contribution is 0.456. The molecule has 100 valence electrons. The number of ether oxygens (including phenoxy) is 1. The van der Waals surface area contributed by atoms with Gasteiger partial charge >= 0.3 is 0 Å². The molecule has 0 atom stereocenters. The summed E-state index contributed by atoms with van der Waals surface area (Å²) in [5.41, 5.74) is 2.15.